The molecule has 0 aromatic heterocycles. The summed E-state index contributed by atoms with van der Waals surface area (Å²) in [5.74, 6) is -0.0713. The van der Waals surface area contributed by atoms with Gasteiger partial charge in [-0.2, -0.15) is 0 Å². The van der Waals surface area contributed by atoms with Gasteiger partial charge in [0.05, 0.1) is 11.8 Å². The maximum Gasteiger partial charge on any atom is 0.237 e. The molecule has 0 radical (unpaired) electrons. The largest absolute Gasteiger partial charge is 0.322 e. The number of aryl methyl sites for hydroxylation is 1. The lowest BCUT2D eigenvalue weighted by Crippen LogP contribution is -3.28. The first-order valence-electron chi connectivity index (χ1n) is 9.84. The van der Waals surface area contributed by atoms with E-state index in [1.807, 2.05) is 0 Å². The molecule has 2 fully saturated rings. The minimum Gasteiger partial charge on any atom is -0.322 e. The van der Waals surface area contributed by atoms with Crippen LogP contribution in [0.25, 0.3) is 0 Å². The molecular formula is C21H29N3O2+2. The summed E-state index contributed by atoms with van der Waals surface area (Å²) >= 11 is 0. The van der Waals surface area contributed by atoms with Gasteiger partial charge in [0.1, 0.15) is 32.7 Å². The number of benzene rings is 1. The lowest BCUT2D eigenvalue weighted by Gasteiger charge is -2.31. The van der Waals surface area contributed by atoms with Crippen molar-refractivity contribution in [3.63, 3.8) is 0 Å². The lowest BCUT2D eigenvalue weighted by atomic mass is 9.85. The molecule has 3 aliphatic rings. The number of allylic oxidation sites excluding steroid dienone is 2. The quantitative estimate of drug-likeness (QED) is 0.548. The van der Waals surface area contributed by atoms with Crippen molar-refractivity contribution in [2.24, 2.45) is 11.8 Å². The normalized spacial score (nSPS) is 31.3. The summed E-state index contributed by atoms with van der Waals surface area (Å²) in [5, 5.41) is 0. The number of carbonyl (C=O) groups excluding carboxylic acids is 2. The van der Waals surface area contributed by atoms with Crippen LogP contribution in [0.3, 0.4) is 0 Å². The van der Waals surface area contributed by atoms with E-state index in [0.717, 1.165) is 45.6 Å². The molecule has 1 aromatic carbocycles. The first-order valence-corrected chi connectivity index (χ1v) is 9.84. The first-order chi connectivity index (χ1) is 12.6. The van der Waals surface area contributed by atoms with Gasteiger partial charge < -0.3 is 9.80 Å². The average Bonchev–Trinajstić information content (AvgIpc) is 2.89. The number of rotatable bonds is 4. The van der Waals surface area contributed by atoms with Gasteiger partial charge in [0.25, 0.3) is 0 Å². The summed E-state index contributed by atoms with van der Waals surface area (Å²) < 4.78 is 0. The van der Waals surface area contributed by atoms with Gasteiger partial charge in [0, 0.05) is 5.56 Å². The molecule has 2 atom stereocenters. The molecule has 2 saturated heterocycles. The summed E-state index contributed by atoms with van der Waals surface area (Å²) in [6.45, 7) is 7.98. The Bertz CT molecular complexity index is 696. The molecule has 2 heterocycles. The second-order valence-corrected chi connectivity index (χ2v) is 8.08. The van der Waals surface area contributed by atoms with Crippen molar-refractivity contribution in [1.82, 2.24) is 4.90 Å². The van der Waals surface area contributed by atoms with Crippen LogP contribution in [0.2, 0.25) is 0 Å². The highest BCUT2D eigenvalue weighted by atomic mass is 16.2. The zero-order valence-corrected chi connectivity index (χ0v) is 15.5. The molecule has 4 rings (SSSR count). The van der Waals surface area contributed by atoms with Crippen LogP contribution in [0.1, 0.15) is 24.0 Å². The van der Waals surface area contributed by atoms with Crippen LogP contribution in [-0.4, -0.2) is 49.6 Å². The molecular weight excluding hydrogens is 326 g/mol. The molecule has 5 nitrogen and oxygen atoms in total. The number of fused-ring (bicyclic) bond motifs is 1. The van der Waals surface area contributed by atoms with E-state index in [2.05, 4.69) is 43.3 Å². The second-order valence-electron chi connectivity index (χ2n) is 8.08. The number of carbonyl (C=O) groups is 2. The molecule has 2 N–H and O–H groups in total. The summed E-state index contributed by atoms with van der Waals surface area (Å²) in [5.41, 5.74) is 2.71. The van der Waals surface area contributed by atoms with Gasteiger partial charge in [-0.15, -0.1) is 0 Å². The van der Waals surface area contributed by atoms with Gasteiger partial charge in [-0.25, -0.2) is 4.90 Å². The van der Waals surface area contributed by atoms with E-state index < -0.39 is 0 Å². The standard InChI is InChI=1S/C21H27N3O2/c1-16-5-4-6-17(13-16)14-22-9-11-23(12-10-22)15-24-20(25)18-7-2-3-8-19(18)21(24)26/h2-6,13,18-19H,7-12,14-15H2,1H3/p+2/t18-,19+. The van der Waals surface area contributed by atoms with Gasteiger partial charge in [0.15, 0.2) is 6.67 Å². The van der Waals surface area contributed by atoms with E-state index >= 15 is 0 Å². The SMILES string of the molecule is Cc1cccc(C[NH+]2CC[NH+](CN3C(=O)[C@H]4CC=CC[C@H]4C3=O)CC2)c1. The molecule has 1 aliphatic carbocycles. The van der Waals surface area contributed by atoms with Gasteiger partial charge >= 0.3 is 0 Å². The molecule has 2 aliphatic heterocycles. The highest BCUT2D eigenvalue weighted by Gasteiger charge is 2.48. The summed E-state index contributed by atoms with van der Waals surface area (Å²) in [6.07, 6.45) is 5.57. The fourth-order valence-electron chi connectivity index (χ4n) is 4.65. The Morgan fingerprint density at radius 3 is 2.19 bits per heavy atom. The van der Waals surface area contributed by atoms with Crippen LogP contribution in [0, 0.1) is 18.8 Å². The smallest absolute Gasteiger partial charge is 0.237 e. The van der Waals surface area contributed by atoms with E-state index in [-0.39, 0.29) is 23.7 Å². The zero-order chi connectivity index (χ0) is 18.1. The Hall–Kier alpha value is -1.98. The molecule has 138 valence electrons. The Labute approximate surface area is 155 Å². The number of likely N-dealkylation sites (tertiary alicyclic amines) is 1. The van der Waals surface area contributed by atoms with Crippen LogP contribution < -0.4 is 9.80 Å². The number of quaternary nitrogens is 2. The Balaban J connectivity index is 1.30. The molecule has 0 saturated carbocycles. The topological polar surface area (TPSA) is 46.3 Å². The second kappa shape index (κ2) is 7.33. The third kappa shape index (κ3) is 3.46. The number of imide groups is 1. The van der Waals surface area contributed by atoms with Crippen LogP contribution in [-0.2, 0) is 16.1 Å². The minimum absolute atomic E-state index is 0.0615. The molecule has 1 aromatic rings. The highest BCUT2D eigenvalue weighted by molar-refractivity contribution is 6.05. The summed E-state index contributed by atoms with van der Waals surface area (Å²) in [7, 11) is 0. The number of nitrogens with one attached hydrogen (secondary N) is 2. The zero-order valence-electron chi connectivity index (χ0n) is 15.5. The van der Waals surface area contributed by atoms with E-state index in [1.54, 1.807) is 9.80 Å². The van der Waals surface area contributed by atoms with Crippen LogP contribution >= 0.6 is 0 Å². The van der Waals surface area contributed by atoms with Crippen molar-refractivity contribution in [1.29, 1.82) is 0 Å². The molecule has 26 heavy (non-hydrogen) atoms. The summed E-state index contributed by atoms with van der Waals surface area (Å²) in [6, 6.07) is 8.74. The average molecular weight is 355 g/mol. The van der Waals surface area contributed by atoms with Gasteiger partial charge in [-0.3, -0.25) is 9.59 Å². The maximum absolute atomic E-state index is 12.6. The molecule has 0 bridgehead atoms. The van der Waals surface area contributed by atoms with E-state index in [9.17, 15) is 9.59 Å². The third-order valence-corrected chi connectivity index (χ3v) is 6.18. The number of piperazine rings is 1. The number of hydrogen-bond donors (Lipinski definition) is 2. The van der Waals surface area contributed by atoms with Gasteiger partial charge in [-0.05, 0) is 19.8 Å². The fourth-order valence-corrected chi connectivity index (χ4v) is 4.65. The summed E-state index contributed by atoms with van der Waals surface area (Å²) in [4.78, 5) is 29.7. The van der Waals surface area contributed by atoms with Crippen molar-refractivity contribution in [3.8, 4) is 0 Å². The van der Waals surface area contributed by atoms with Crippen molar-refractivity contribution < 1.29 is 19.4 Å². The van der Waals surface area contributed by atoms with E-state index in [4.69, 9.17) is 0 Å². The first kappa shape index (κ1) is 17.4. The molecule has 2 amide bonds. The molecule has 0 spiro atoms. The monoisotopic (exact) mass is 355 g/mol. The number of hydrogen-bond acceptors (Lipinski definition) is 2. The Kier molecular flexibility index (Phi) is 4.92. The maximum atomic E-state index is 12.6. The number of amides is 2. The van der Waals surface area contributed by atoms with E-state index in [1.165, 1.54) is 16.0 Å². The van der Waals surface area contributed by atoms with Crippen molar-refractivity contribution in [2.75, 3.05) is 32.8 Å². The van der Waals surface area contributed by atoms with Crippen LogP contribution in [0.15, 0.2) is 36.4 Å². The lowest BCUT2D eigenvalue weighted by molar-refractivity contribution is -1.02. The predicted octanol–water partition coefficient (Wildman–Crippen LogP) is -0.813. The predicted molar refractivity (Wildman–Crippen MR) is 98.4 cm³/mol. The number of nitrogens with zero attached hydrogens (tertiary/aromatic N) is 1. The Morgan fingerprint density at radius 1 is 0.962 bits per heavy atom. The fraction of sp³-hybridized carbons (Fsp3) is 0.524. The van der Waals surface area contributed by atoms with Gasteiger partial charge in [-0.1, -0.05) is 42.0 Å². The van der Waals surface area contributed by atoms with Crippen molar-refractivity contribution in [2.45, 2.75) is 26.3 Å². The third-order valence-electron chi connectivity index (χ3n) is 6.18. The minimum atomic E-state index is -0.0971. The molecule has 0 unspecified atom stereocenters. The van der Waals surface area contributed by atoms with Crippen molar-refractivity contribution in [3.05, 3.63) is 47.5 Å². The van der Waals surface area contributed by atoms with Crippen LogP contribution in [0.4, 0.5) is 0 Å². The Morgan fingerprint density at radius 2 is 1.58 bits per heavy atom. The van der Waals surface area contributed by atoms with Gasteiger partial charge in [0.2, 0.25) is 11.8 Å². The van der Waals surface area contributed by atoms with Crippen molar-refractivity contribution >= 4 is 11.8 Å². The molecule has 5 heteroatoms. The van der Waals surface area contributed by atoms with E-state index in [0.29, 0.717) is 6.67 Å². The highest BCUT2D eigenvalue weighted by Crippen LogP contribution is 2.34. The van der Waals surface area contributed by atoms with Crippen LogP contribution in [0.5, 0.6) is 0 Å².